The Labute approximate surface area is 84.6 Å². The second kappa shape index (κ2) is 3.20. The van der Waals surface area contributed by atoms with Crippen molar-refractivity contribution in [3.63, 3.8) is 0 Å². The highest BCUT2D eigenvalue weighted by molar-refractivity contribution is 9.10. The van der Waals surface area contributed by atoms with Crippen LogP contribution >= 0.6 is 15.9 Å². The molecule has 1 atom stereocenters. The fraction of sp³-hybridized carbons (Fsp3) is 0.333. The number of nitrogens with two attached hydrogens (primary N) is 1. The van der Waals surface area contributed by atoms with Crippen molar-refractivity contribution >= 4 is 15.9 Å². The Morgan fingerprint density at radius 3 is 3.08 bits per heavy atom. The van der Waals surface area contributed by atoms with Gasteiger partial charge in [-0.15, -0.1) is 0 Å². The molecule has 4 heteroatoms. The van der Waals surface area contributed by atoms with E-state index < -0.39 is 0 Å². The van der Waals surface area contributed by atoms with Crippen molar-refractivity contribution in [3.05, 3.63) is 22.2 Å². The van der Waals surface area contributed by atoms with Gasteiger partial charge in [0.1, 0.15) is 11.5 Å². The van der Waals surface area contributed by atoms with Gasteiger partial charge in [0.05, 0.1) is 11.1 Å². The van der Waals surface area contributed by atoms with Gasteiger partial charge in [0.25, 0.3) is 0 Å². The predicted molar refractivity (Wildman–Crippen MR) is 52.8 cm³/mol. The normalized spacial score (nSPS) is 20.6. The van der Waals surface area contributed by atoms with Crippen LogP contribution in [0.5, 0.6) is 11.5 Å². The molecule has 1 aliphatic heterocycles. The highest BCUT2D eigenvalue weighted by Crippen LogP contribution is 2.40. The molecule has 1 aromatic rings. The first-order chi connectivity index (χ1) is 6.20. The molecule has 0 spiro atoms. The van der Waals surface area contributed by atoms with Crippen LogP contribution in [-0.4, -0.2) is 11.7 Å². The van der Waals surface area contributed by atoms with Gasteiger partial charge < -0.3 is 15.6 Å². The zero-order chi connectivity index (χ0) is 9.42. The maximum atomic E-state index is 9.44. The number of halogens is 1. The number of hydrogen-bond acceptors (Lipinski definition) is 3. The summed E-state index contributed by atoms with van der Waals surface area (Å²) in [5, 5.41) is 9.44. The van der Waals surface area contributed by atoms with E-state index in [4.69, 9.17) is 10.5 Å². The SMILES string of the molecule is NC1CCOc2ccc(O)c(Br)c21. The van der Waals surface area contributed by atoms with Gasteiger partial charge >= 0.3 is 0 Å². The zero-order valence-electron chi connectivity index (χ0n) is 6.96. The predicted octanol–water partition coefficient (Wildman–Crippen LogP) is 1.94. The average Bonchev–Trinajstić information content (AvgIpc) is 2.12. The molecule has 1 heterocycles. The van der Waals surface area contributed by atoms with Crippen LogP contribution in [0.25, 0.3) is 0 Å². The van der Waals surface area contributed by atoms with E-state index in [1.807, 2.05) is 0 Å². The van der Waals surface area contributed by atoms with E-state index in [2.05, 4.69) is 15.9 Å². The molecule has 13 heavy (non-hydrogen) atoms. The van der Waals surface area contributed by atoms with Crippen molar-refractivity contribution in [3.8, 4) is 11.5 Å². The molecule has 3 nitrogen and oxygen atoms in total. The topological polar surface area (TPSA) is 55.5 Å². The number of aromatic hydroxyl groups is 1. The van der Waals surface area contributed by atoms with Gasteiger partial charge in [0.15, 0.2) is 0 Å². The lowest BCUT2D eigenvalue weighted by Gasteiger charge is -2.24. The smallest absolute Gasteiger partial charge is 0.130 e. The maximum Gasteiger partial charge on any atom is 0.130 e. The minimum atomic E-state index is -0.0507. The fourth-order valence-corrected chi connectivity index (χ4v) is 2.10. The Kier molecular flexibility index (Phi) is 2.17. The number of phenolic OH excluding ortho intramolecular Hbond substituents is 1. The van der Waals surface area contributed by atoms with Crippen LogP contribution in [0.2, 0.25) is 0 Å². The van der Waals surface area contributed by atoms with Crippen LogP contribution in [0.15, 0.2) is 16.6 Å². The summed E-state index contributed by atoms with van der Waals surface area (Å²) in [7, 11) is 0. The second-order valence-electron chi connectivity index (χ2n) is 3.05. The summed E-state index contributed by atoms with van der Waals surface area (Å²) in [4.78, 5) is 0. The lowest BCUT2D eigenvalue weighted by molar-refractivity contribution is 0.267. The molecule has 2 rings (SSSR count). The van der Waals surface area contributed by atoms with Crippen LogP contribution < -0.4 is 10.5 Å². The molecular formula is C9H10BrNO2. The highest BCUT2D eigenvalue weighted by Gasteiger charge is 2.22. The average molecular weight is 244 g/mol. The third kappa shape index (κ3) is 1.40. The Morgan fingerprint density at radius 1 is 1.54 bits per heavy atom. The van der Waals surface area contributed by atoms with Gasteiger partial charge in [0.2, 0.25) is 0 Å². The van der Waals surface area contributed by atoms with Crippen LogP contribution in [0.1, 0.15) is 18.0 Å². The molecule has 1 unspecified atom stereocenters. The molecule has 0 fully saturated rings. The number of rotatable bonds is 0. The molecule has 3 N–H and O–H groups in total. The highest BCUT2D eigenvalue weighted by atomic mass is 79.9. The summed E-state index contributed by atoms with van der Waals surface area (Å²) in [5.41, 5.74) is 6.76. The summed E-state index contributed by atoms with van der Waals surface area (Å²) >= 11 is 3.30. The van der Waals surface area contributed by atoms with E-state index in [9.17, 15) is 5.11 Å². The number of fused-ring (bicyclic) bond motifs is 1. The van der Waals surface area contributed by atoms with Crippen molar-refractivity contribution in [2.75, 3.05) is 6.61 Å². The molecule has 0 aromatic heterocycles. The van der Waals surface area contributed by atoms with E-state index in [1.165, 1.54) is 0 Å². The first-order valence-corrected chi connectivity index (χ1v) is 4.89. The summed E-state index contributed by atoms with van der Waals surface area (Å²) in [6.07, 6.45) is 0.787. The second-order valence-corrected chi connectivity index (χ2v) is 3.85. The van der Waals surface area contributed by atoms with Crippen LogP contribution in [-0.2, 0) is 0 Å². The lowest BCUT2D eigenvalue weighted by atomic mass is 10.0. The Bertz CT molecular complexity index is 341. The summed E-state index contributed by atoms with van der Waals surface area (Å²) < 4.78 is 6.06. The van der Waals surface area contributed by atoms with Gasteiger partial charge in [-0.25, -0.2) is 0 Å². The standard InChI is InChI=1S/C9H10BrNO2/c10-9-6(12)1-2-7-8(9)5(11)3-4-13-7/h1-2,5,12H,3-4,11H2. The Morgan fingerprint density at radius 2 is 2.31 bits per heavy atom. The molecule has 0 saturated heterocycles. The molecule has 0 aliphatic carbocycles. The minimum Gasteiger partial charge on any atom is -0.507 e. The molecule has 0 amide bonds. The molecule has 0 radical (unpaired) electrons. The number of benzene rings is 1. The van der Waals surface area contributed by atoms with Crippen molar-refractivity contribution in [2.24, 2.45) is 5.73 Å². The van der Waals surface area contributed by atoms with E-state index in [1.54, 1.807) is 12.1 Å². The van der Waals surface area contributed by atoms with Crippen LogP contribution in [0.3, 0.4) is 0 Å². The largest absolute Gasteiger partial charge is 0.507 e. The lowest BCUT2D eigenvalue weighted by Crippen LogP contribution is -2.20. The molecule has 0 bridgehead atoms. The van der Waals surface area contributed by atoms with E-state index in [0.29, 0.717) is 11.1 Å². The first-order valence-electron chi connectivity index (χ1n) is 4.10. The molecule has 0 saturated carbocycles. The third-order valence-corrected chi connectivity index (χ3v) is 3.01. The number of ether oxygens (including phenoxy) is 1. The quantitative estimate of drug-likeness (QED) is 0.733. The van der Waals surface area contributed by atoms with Crippen molar-refractivity contribution in [1.82, 2.24) is 0 Å². The maximum absolute atomic E-state index is 9.44. The van der Waals surface area contributed by atoms with Gasteiger partial charge in [-0.05, 0) is 28.1 Å². The molecular weight excluding hydrogens is 234 g/mol. The molecule has 1 aliphatic rings. The van der Waals surface area contributed by atoms with Crippen molar-refractivity contribution < 1.29 is 9.84 Å². The monoisotopic (exact) mass is 243 g/mol. The van der Waals surface area contributed by atoms with Crippen molar-refractivity contribution in [1.29, 1.82) is 0 Å². The van der Waals surface area contributed by atoms with Gasteiger partial charge in [-0.2, -0.15) is 0 Å². The Balaban J connectivity index is 2.58. The zero-order valence-corrected chi connectivity index (χ0v) is 8.54. The third-order valence-electron chi connectivity index (χ3n) is 2.18. The van der Waals surface area contributed by atoms with Gasteiger partial charge in [0, 0.05) is 18.0 Å². The fourth-order valence-electron chi connectivity index (χ4n) is 1.48. The number of hydrogen-bond donors (Lipinski definition) is 2. The summed E-state index contributed by atoms with van der Waals surface area (Å²) in [6.45, 7) is 0.644. The van der Waals surface area contributed by atoms with Crippen LogP contribution in [0, 0.1) is 0 Å². The van der Waals surface area contributed by atoms with E-state index in [0.717, 1.165) is 17.7 Å². The Hall–Kier alpha value is -0.740. The summed E-state index contributed by atoms with van der Waals surface area (Å²) in [6, 6.07) is 3.29. The van der Waals surface area contributed by atoms with Crippen LogP contribution in [0.4, 0.5) is 0 Å². The minimum absolute atomic E-state index is 0.0507. The van der Waals surface area contributed by atoms with Crippen molar-refractivity contribution in [2.45, 2.75) is 12.5 Å². The first kappa shape index (κ1) is 8.84. The van der Waals surface area contributed by atoms with E-state index >= 15 is 0 Å². The van der Waals surface area contributed by atoms with Gasteiger partial charge in [-0.1, -0.05) is 0 Å². The molecule has 1 aromatic carbocycles. The van der Waals surface area contributed by atoms with Gasteiger partial charge in [-0.3, -0.25) is 0 Å². The number of phenols is 1. The van der Waals surface area contributed by atoms with E-state index in [-0.39, 0.29) is 11.8 Å². The molecule has 70 valence electrons. The summed E-state index contributed by atoms with van der Waals surface area (Å²) in [5.74, 6) is 0.975.